The fourth-order valence-corrected chi connectivity index (χ4v) is 3.50. The van der Waals surface area contributed by atoms with E-state index < -0.39 is 0 Å². The molecular formula is C18H13ClOS. The molecule has 0 bridgehead atoms. The largest absolute Gasteiger partial charge is 0.294 e. The number of carbonyl (C=O) groups excluding carboxylic acids is 1. The highest BCUT2D eigenvalue weighted by molar-refractivity contribution is 7.99. The fraction of sp³-hybridized carbons (Fsp3) is 0.0556. The first-order valence-corrected chi connectivity index (χ1v) is 7.80. The second-order valence-corrected chi connectivity index (χ2v) is 6.36. The van der Waals surface area contributed by atoms with Crippen molar-refractivity contribution in [3.05, 3.63) is 71.2 Å². The smallest absolute Gasteiger partial charge is 0.161 e. The normalized spacial score (nSPS) is 10.8. The van der Waals surface area contributed by atoms with Gasteiger partial charge in [0.2, 0.25) is 0 Å². The number of fused-ring (bicyclic) bond motifs is 1. The number of halogens is 1. The van der Waals surface area contributed by atoms with Gasteiger partial charge in [-0.1, -0.05) is 53.7 Å². The van der Waals surface area contributed by atoms with E-state index in [0.717, 1.165) is 9.79 Å². The van der Waals surface area contributed by atoms with Gasteiger partial charge in [0.15, 0.2) is 5.78 Å². The number of benzene rings is 3. The summed E-state index contributed by atoms with van der Waals surface area (Å²) in [4.78, 5) is 13.6. The van der Waals surface area contributed by atoms with Crippen molar-refractivity contribution in [2.45, 2.75) is 16.7 Å². The van der Waals surface area contributed by atoms with E-state index in [4.69, 9.17) is 11.6 Å². The molecule has 0 saturated carbocycles. The van der Waals surface area contributed by atoms with E-state index >= 15 is 0 Å². The molecule has 0 unspecified atom stereocenters. The van der Waals surface area contributed by atoms with Crippen molar-refractivity contribution in [2.24, 2.45) is 0 Å². The second-order valence-electron chi connectivity index (χ2n) is 4.81. The van der Waals surface area contributed by atoms with Crippen LogP contribution in [0.4, 0.5) is 0 Å². The van der Waals surface area contributed by atoms with Crippen molar-refractivity contribution in [2.75, 3.05) is 0 Å². The number of Topliss-reactive ketones (excluding diaryl/α,β-unsaturated/α-hetero) is 1. The van der Waals surface area contributed by atoms with Gasteiger partial charge in [-0.15, -0.1) is 0 Å². The third kappa shape index (κ3) is 3.12. The molecule has 3 rings (SSSR count). The molecular weight excluding hydrogens is 300 g/mol. The zero-order valence-corrected chi connectivity index (χ0v) is 13.0. The van der Waals surface area contributed by atoms with Gasteiger partial charge in [-0.25, -0.2) is 0 Å². The van der Waals surface area contributed by atoms with Gasteiger partial charge in [0, 0.05) is 15.4 Å². The molecule has 3 aromatic rings. The summed E-state index contributed by atoms with van der Waals surface area (Å²) in [6, 6.07) is 20.2. The highest BCUT2D eigenvalue weighted by Crippen LogP contribution is 2.32. The molecule has 0 saturated heterocycles. The summed E-state index contributed by atoms with van der Waals surface area (Å²) in [5, 5.41) is 2.95. The topological polar surface area (TPSA) is 17.1 Å². The molecule has 0 aliphatic heterocycles. The summed E-state index contributed by atoms with van der Waals surface area (Å²) in [5.41, 5.74) is 0.569. The number of ketones is 1. The average molecular weight is 313 g/mol. The van der Waals surface area contributed by atoms with Crippen LogP contribution in [0.5, 0.6) is 0 Å². The van der Waals surface area contributed by atoms with Crippen LogP contribution >= 0.6 is 23.4 Å². The predicted octanol–water partition coefficient (Wildman–Crippen LogP) is 5.85. The van der Waals surface area contributed by atoms with Crippen LogP contribution in [0, 0.1) is 0 Å². The van der Waals surface area contributed by atoms with Gasteiger partial charge in [-0.05, 0) is 48.0 Å². The molecule has 21 heavy (non-hydrogen) atoms. The maximum absolute atomic E-state index is 11.4. The van der Waals surface area contributed by atoms with Crippen molar-refractivity contribution in [1.82, 2.24) is 0 Å². The fourth-order valence-electron chi connectivity index (χ4n) is 2.21. The van der Waals surface area contributed by atoms with E-state index in [0.29, 0.717) is 10.6 Å². The van der Waals surface area contributed by atoms with Gasteiger partial charge in [-0.3, -0.25) is 4.79 Å². The van der Waals surface area contributed by atoms with Crippen molar-refractivity contribution in [3.63, 3.8) is 0 Å². The molecule has 104 valence electrons. The quantitative estimate of drug-likeness (QED) is 0.564. The Bertz CT molecular complexity index is 826. The van der Waals surface area contributed by atoms with E-state index in [1.165, 1.54) is 17.7 Å². The van der Waals surface area contributed by atoms with E-state index in [2.05, 4.69) is 30.3 Å². The maximum atomic E-state index is 11.4. The molecule has 1 nitrogen and oxygen atoms in total. The van der Waals surface area contributed by atoms with Crippen molar-refractivity contribution < 1.29 is 4.79 Å². The molecule has 0 spiro atoms. The molecule has 3 heteroatoms. The van der Waals surface area contributed by atoms with Crippen molar-refractivity contribution in [1.29, 1.82) is 0 Å². The monoisotopic (exact) mass is 312 g/mol. The lowest BCUT2D eigenvalue weighted by molar-refractivity contribution is 0.101. The average Bonchev–Trinajstić information content (AvgIpc) is 2.47. The zero-order chi connectivity index (χ0) is 14.8. The van der Waals surface area contributed by atoms with Crippen LogP contribution in [0.3, 0.4) is 0 Å². The van der Waals surface area contributed by atoms with Crippen LogP contribution < -0.4 is 0 Å². The minimum Gasteiger partial charge on any atom is -0.294 e. The van der Waals surface area contributed by atoms with Crippen LogP contribution in [0.15, 0.2) is 70.5 Å². The Kier molecular flexibility index (Phi) is 4.00. The van der Waals surface area contributed by atoms with E-state index in [1.54, 1.807) is 17.8 Å². The number of carbonyl (C=O) groups is 1. The lowest BCUT2D eigenvalue weighted by Gasteiger charge is -2.06. The molecule has 0 aliphatic carbocycles. The van der Waals surface area contributed by atoms with E-state index in [1.807, 2.05) is 24.3 Å². The van der Waals surface area contributed by atoms with Crippen LogP contribution in [0.2, 0.25) is 5.02 Å². The van der Waals surface area contributed by atoms with Gasteiger partial charge >= 0.3 is 0 Å². The maximum Gasteiger partial charge on any atom is 0.161 e. The zero-order valence-electron chi connectivity index (χ0n) is 11.5. The predicted molar refractivity (Wildman–Crippen MR) is 89.5 cm³/mol. The number of hydrogen-bond donors (Lipinski definition) is 0. The van der Waals surface area contributed by atoms with Crippen molar-refractivity contribution in [3.8, 4) is 0 Å². The highest BCUT2D eigenvalue weighted by Gasteiger charge is 2.07. The molecule has 0 amide bonds. The Hall–Kier alpha value is -1.77. The van der Waals surface area contributed by atoms with Crippen LogP contribution in [0.1, 0.15) is 17.3 Å². The van der Waals surface area contributed by atoms with Crippen LogP contribution in [-0.4, -0.2) is 5.78 Å². The summed E-state index contributed by atoms with van der Waals surface area (Å²) in [7, 11) is 0. The lowest BCUT2D eigenvalue weighted by Crippen LogP contribution is -1.92. The lowest BCUT2D eigenvalue weighted by atomic mass is 10.1. The second kappa shape index (κ2) is 5.92. The number of hydrogen-bond acceptors (Lipinski definition) is 2. The SMILES string of the molecule is CC(=O)c1ccc(Sc2ccc3ccccc3c2)cc1Cl. The standard InChI is InChI=1S/C18H13ClOS/c1-12(20)17-9-8-16(11-18(17)19)21-15-7-6-13-4-2-3-5-14(13)10-15/h2-11H,1H3. The van der Waals surface area contributed by atoms with Crippen LogP contribution in [0.25, 0.3) is 10.8 Å². The van der Waals surface area contributed by atoms with E-state index in [9.17, 15) is 4.79 Å². The molecule has 0 aliphatic rings. The molecule has 0 aromatic heterocycles. The van der Waals surface area contributed by atoms with Crippen molar-refractivity contribution >= 4 is 39.9 Å². The Morgan fingerprint density at radius 2 is 1.57 bits per heavy atom. The molecule has 0 heterocycles. The number of rotatable bonds is 3. The molecule has 0 atom stereocenters. The molecule has 0 fully saturated rings. The first-order valence-electron chi connectivity index (χ1n) is 6.60. The Balaban J connectivity index is 1.91. The van der Waals surface area contributed by atoms with Gasteiger partial charge in [0.25, 0.3) is 0 Å². The molecule has 0 N–H and O–H groups in total. The minimum atomic E-state index is -0.0118. The summed E-state index contributed by atoms with van der Waals surface area (Å²) in [6.45, 7) is 1.53. The van der Waals surface area contributed by atoms with Gasteiger partial charge in [-0.2, -0.15) is 0 Å². The first kappa shape index (κ1) is 14.2. The highest BCUT2D eigenvalue weighted by atomic mass is 35.5. The summed E-state index contributed by atoms with van der Waals surface area (Å²) >= 11 is 7.79. The van der Waals surface area contributed by atoms with Gasteiger partial charge < -0.3 is 0 Å². The first-order chi connectivity index (χ1) is 10.1. The Morgan fingerprint density at radius 3 is 2.29 bits per heavy atom. The third-order valence-electron chi connectivity index (χ3n) is 3.28. The minimum absolute atomic E-state index is 0.0118. The summed E-state index contributed by atoms with van der Waals surface area (Å²) < 4.78 is 0. The summed E-state index contributed by atoms with van der Waals surface area (Å²) in [5.74, 6) is -0.0118. The summed E-state index contributed by atoms with van der Waals surface area (Å²) in [6.07, 6.45) is 0. The third-order valence-corrected chi connectivity index (χ3v) is 4.57. The Labute approximate surface area is 132 Å². The van der Waals surface area contributed by atoms with Gasteiger partial charge in [0.1, 0.15) is 0 Å². The van der Waals surface area contributed by atoms with E-state index in [-0.39, 0.29) is 5.78 Å². The molecule has 3 aromatic carbocycles. The molecule has 0 radical (unpaired) electrons. The van der Waals surface area contributed by atoms with Gasteiger partial charge in [0.05, 0.1) is 5.02 Å². The van der Waals surface area contributed by atoms with Crippen LogP contribution in [-0.2, 0) is 0 Å². The Morgan fingerprint density at radius 1 is 0.905 bits per heavy atom.